The summed E-state index contributed by atoms with van der Waals surface area (Å²) in [7, 11) is 0. The third-order valence-corrected chi connectivity index (χ3v) is 12.5. The Hall–Kier alpha value is -7.09. The Morgan fingerprint density at radius 3 is 0.943 bits per heavy atom. The van der Waals surface area contributed by atoms with Crippen molar-refractivity contribution in [1.29, 1.82) is 0 Å². The quantitative estimate of drug-likeness (QED) is 0.0571. The topological polar surface area (TPSA) is 216 Å². The van der Waals surface area contributed by atoms with Crippen LogP contribution in [-0.4, -0.2) is 152 Å². The molecule has 3 amide bonds. The first-order chi connectivity index (χ1) is 34.2. The summed E-state index contributed by atoms with van der Waals surface area (Å²) < 4.78 is 3.76. The molecule has 4 heterocycles. The number of pyridine rings is 4. The minimum atomic E-state index is -0.738. The zero-order valence-electron chi connectivity index (χ0n) is 38.3. The number of halogens is 1. The predicted octanol–water partition coefficient (Wildman–Crippen LogP) is 3.74. The van der Waals surface area contributed by atoms with Crippen LogP contribution < -0.4 is 9.13 Å². The molecule has 16 nitrogen and oxygen atoms in total. The molecule has 0 saturated carbocycles. The summed E-state index contributed by atoms with van der Waals surface area (Å²) in [6.45, 7) is -4.16. The molecule has 3 aromatic carbocycles. The molecule has 6 N–H and O–H groups in total. The van der Waals surface area contributed by atoms with Gasteiger partial charge in [-0.1, -0.05) is 0 Å². The van der Waals surface area contributed by atoms with E-state index in [-0.39, 0.29) is 71.6 Å². The molecule has 360 valence electrons. The fraction of sp³-hybridized carbons (Fsp3) is 0.226. The number of aliphatic hydroxyl groups excluding tert-OH is 6. The minimum absolute atomic E-state index is 0.0306. The van der Waals surface area contributed by atoms with Crippen LogP contribution >= 0.6 is 15.9 Å². The van der Waals surface area contributed by atoms with Crippen LogP contribution in [0.25, 0.3) is 55.9 Å². The number of hydrogen-bond acceptors (Lipinski definition) is 11. The number of carbonyl (C=O) groups is 3. The van der Waals surface area contributed by atoms with E-state index in [1.54, 1.807) is 49.1 Å². The van der Waals surface area contributed by atoms with Gasteiger partial charge < -0.3 is 45.3 Å². The van der Waals surface area contributed by atoms with E-state index in [0.29, 0.717) is 11.1 Å². The maximum absolute atomic E-state index is 15.6. The Kier molecular flexibility index (Phi) is 17.7. The van der Waals surface area contributed by atoms with E-state index in [2.05, 4.69) is 25.9 Å². The standard InChI is InChI=1S/C53H54BrN7O9/c54-50-48(52(69)60(27-33-64)28-34-65)45(41-1-5-43(6-2-41)57-21-13-39(14-22-57)37-9-17-55-18-10-37)47(51(68)59(25-31-62)26-32-63)46(49(50)53(70)61(29-35-66)30-36-67)42-3-7-44(8-4-42)58-23-15-40(16-24-58)38-11-19-56-20-12-38/h1-24,62-67H,25-36H2/q+2. The van der Waals surface area contributed by atoms with Crippen molar-refractivity contribution in [3.8, 4) is 55.9 Å². The number of amides is 3. The number of nitrogens with zero attached hydrogens (tertiary/aromatic N) is 7. The van der Waals surface area contributed by atoms with Crippen LogP contribution in [0.4, 0.5) is 0 Å². The Morgan fingerprint density at radius 1 is 0.386 bits per heavy atom. The van der Waals surface area contributed by atoms with Gasteiger partial charge in [-0.15, -0.1) is 0 Å². The Morgan fingerprint density at radius 2 is 0.657 bits per heavy atom. The number of hydrogen-bond donors (Lipinski definition) is 6. The van der Waals surface area contributed by atoms with Crippen LogP contribution in [0.2, 0.25) is 0 Å². The van der Waals surface area contributed by atoms with E-state index >= 15 is 14.4 Å². The van der Waals surface area contributed by atoms with E-state index in [1.807, 2.05) is 107 Å². The van der Waals surface area contributed by atoms with Crippen LogP contribution in [0, 0.1) is 0 Å². The number of aliphatic hydroxyl groups is 6. The molecule has 0 atom stereocenters. The summed E-state index contributed by atoms with van der Waals surface area (Å²) in [4.78, 5) is 57.8. The van der Waals surface area contributed by atoms with Gasteiger partial charge in [-0.05, 0) is 97.8 Å². The first-order valence-electron chi connectivity index (χ1n) is 22.6. The third kappa shape index (κ3) is 11.3. The molecule has 0 aliphatic rings. The average molecular weight is 1010 g/mol. The average Bonchev–Trinajstić information content (AvgIpc) is 3.40. The lowest BCUT2D eigenvalue weighted by atomic mass is 9.83. The van der Waals surface area contributed by atoms with Gasteiger partial charge in [0, 0.05) is 128 Å². The lowest BCUT2D eigenvalue weighted by Gasteiger charge is -2.31. The van der Waals surface area contributed by atoms with E-state index in [9.17, 15) is 30.6 Å². The molecule has 7 aromatic rings. The molecule has 4 aromatic heterocycles. The fourth-order valence-electron chi connectivity index (χ4n) is 8.33. The van der Waals surface area contributed by atoms with E-state index < -0.39 is 57.4 Å². The van der Waals surface area contributed by atoms with Gasteiger partial charge in [0.25, 0.3) is 17.7 Å². The van der Waals surface area contributed by atoms with Crippen molar-refractivity contribution < 1.29 is 54.2 Å². The Labute approximate surface area is 413 Å². The SMILES string of the molecule is O=C(c1c(Br)c(C(=O)N(CCO)CCO)c(-c2ccc(-[n+]3ccc(-c4ccncc4)cc3)cc2)c(C(=O)N(CCO)CCO)c1-c1ccc(-[n+]2ccc(-c3ccncc3)cc2)cc1)N(CCO)CCO. The van der Waals surface area contributed by atoms with Gasteiger partial charge in [-0.3, -0.25) is 24.4 Å². The molecule has 0 radical (unpaired) electrons. The van der Waals surface area contributed by atoms with Crippen molar-refractivity contribution in [3.05, 3.63) is 168 Å². The summed E-state index contributed by atoms with van der Waals surface area (Å²) in [6, 6.07) is 29.7. The molecule has 0 bridgehead atoms. The highest BCUT2D eigenvalue weighted by molar-refractivity contribution is 9.10. The second-order valence-corrected chi connectivity index (χ2v) is 16.8. The van der Waals surface area contributed by atoms with E-state index in [0.717, 1.165) is 33.6 Å². The molecule has 0 spiro atoms. The number of benzene rings is 3. The molecule has 0 saturated heterocycles. The largest absolute Gasteiger partial charge is 0.395 e. The summed E-state index contributed by atoms with van der Waals surface area (Å²) in [5.41, 5.74) is 5.87. The van der Waals surface area contributed by atoms with Crippen molar-refractivity contribution in [2.45, 2.75) is 0 Å². The Bertz CT molecular complexity index is 2660. The summed E-state index contributed by atoms with van der Waals surface area (Å²) in [5, 5.41) is 61.2. The van der Waals surface area contributed by atoms with Gasteiger partial charge in [0.15, 0.2) is 24.8 Å². The normalized spacial score (nSPS) is 11.1. The van der Waals surface area contributed by atoms with Gasteiger partial charge in [-0.25, -0.2) is 0 Å². The maximum atomic E-state index is 15.6. The molecular formula is C53H54BrN7O9+2. The highest BCUT2D eigenvalue weighted by Gasteiger charge is 2.37. The fourth-order valence-corrected chi connectivity index (χ4v) is 9.06. The van der Waals surface area contributed by atoms with Crippen LogP contribution in [0.3, 0.4) is 0 Å². The Balaban J connectivity index is 1.51. The van der Waals surface area contributed by atoms with Crippen molar-refractivity contribution in [1.82, 2.24) is 24.7 Å². The molecule has 0 aliphatic carbocycles. The van der Waals surface area contributed by atoms with E-state index in [4.69, 9.17) is 0 Å². The zero-order chi connectivity index (χ0) is 49.6. The van der Waals surface area contributed by atoms with Crippen LogP contribution in [0.1, 0.15) is 31.1 Å². The molecule has 0 unspecified atom stereocenters. The van der Waals surface area contributed by atoms with Gasteiger partial charge in [0.2, 0.25) is 11.4 Å². The van der Waals surface area contributed by atoms with Crippen molar-refractivity contribution in [2.24, 2.45) is 0 Å². The first kappa shape index (κ1) is 50.8. The third-order valence-electron chi connectivity index (χ3n) is 11.8. The molecular weight excluding hydrogens is 959 g/mol. The van der Waals surface area contributed by atoms with Crippen molar-refractivity contribution in [2.75, 3.05) is 78.9 Å². The van der Waals surface area contributed by atoms with Crippen molar-refractivity contribution in [3.63, 3.8) is 0 Å². The van der Waals surface area contributed by atoms with Gasteiger partial charge in [0.05, 0.1) is 56.3 Å². The first-order valence-corrected chi connectivity index (χ1v) is 23.4. The smallest absolute Gasteiger partial charge is 0.255 e. The van der Waals surface area contributed by atoms with Crippen LogP contribution in [0.5, 0.6) is 0 Å². The summed E-state index contributed by atoms with van der Waals surface area (Å²) in [6.07, 6.45) is 14.5. The molecule has 0 fully saturated rings. The van der Waals surface area contributed by atoms with Gasteiger partial charge in [-0.2, -0.15) is 9.13 Å². The second kappa shape index (κ2) is 24.5. The van der Waals surface area contributed by atoms with Crippen LogP contribution in [-0.2, 0) is 0 Å². The summed E-state index contributed by atoms with van der Waals surface area (Å²) in [5.74, 6) is -2.21. The van der Waals surface area contributed by atoms with Crippen molar-refractivity contribution >= 4 is 33.7 Å². The minimum Gasteiger partial charge on any atom is -0.395 e. The molecule has 70 heavy (non-hydrogen) atoms. The number of rotatable bonds is 21. The monoisotopic (exact) mass is 1010 g/mol. The highest BCUT2D eigenvalue weighted by Crippen LogP contribution is 2.45. The predicted molar refractivity (Wildman–Crippen MR) is 265 cm³/mol. The molecule has 0 aliphatic heterocycles. The lowest BCUT2D eigenvalue weighted by molar-refractivity contribution is -0.595. The maximum Gasteiger partial charge on any atom is 0.255 e. The number of carbonyl (C=O) groups excluding carboxylic acids is 3. The zero-order valence-corrected chi connectivity index (χ0v) is 39.8. The highest BCUT2D eigenvalue weighted by atomic mass is 79.9. The van der Waals surface area contributed by atoms with E-state index in [1.165, 1.54) is 14.7 Å². The second-order valence-electron chi connectivity index (χ2n) is 16.0. The lowest BCUT2D eigenvalue weighted by Crippen LogP contribution is -2.40. The van der Waals surface area contributed by atoms with Crippen LogP contribution in [0.15, 0.2) is 151 Å². The summed E-state index contributed by atoms with van der Waals surface area (Å²) >= 11 is 3.69. The van der Waals surface area contributed by atoms with Gasteiger partial charge in [0.1, 0.15) is 0 Å². The molecule has 7 rings (SSSR count). The van der Waals surface area contributed by atoms with Gasteiger partial charge >= 0.3 is 0 Å². The molecule has 17 heteroatoms. The number of aromatic nitrogens is 4.